The summed E-state index contributed by atoms with van der Waals surface area (Å²) in [6, 6.07) is 8.87. The summed E-state index contributed by atoms with van der Waals surface area (Å²) >= 11 is 0.959. The Kier molecular flexibility index (Phi) is 5.58. The zero-order valence-corrected chi connectivity index (χ0v) is 14.6. The maximum atomic E-state index is 12.2. The van der Waals surface area contributed by atoms with Gasteiger partial charge in [0.05, 0.1) is 32.9 Å². The second-order valence-corrected chi connectivity index (χ2v) is 7.39. The number of aromatic carboxylic acids is 1. The first-order valence-electron chi connectivity index (χ1n) is 6.94. The van der Waals surface area contributed by atoms with E-state index in [1.807, 2.05) is 6.92 Å². The first kappa shape index (κ1) is 18.0. The SMILES string of the molecule is CCOc1ccc(S(=O)(=O)N/N=C(/C)c2ccc(C(=O)[O-])s2)cc1. The molecule has 0 aliphatic heterocycles. The van der Waals surface area contributed by atoms with E-state index in [2.05, 4.69) is 9.93 Å². The average Bonchev–Trinajstić information content (AvgIpc) is 3.04. The van der Waals surface area contributed by atoms with E-state index in [0.717, 1.165) is 11.3 Å². The Hall–Kier alpha value is -2.39. The molecular weight excluding hydrogens is 352 g/mol. The molecule has 1 aromatic carbocycles. The number of carboxylic acid groups (broad SMARTS) is 1. The van der Waals surface area contributed by atoms with Crippen LogP contribution >= 0.6 is 11.3 Å². The molecule has 2 aromatic rings. The second-order valence-electron chi connectivity index (χ2n) is 4.65. The predicted molar refractivity (Wildman–Crippen MR) is 88.8 cm³/mol. The zero-order chi connectivity index (χ0) is 17.7. The van der Waals surface area contributed by atoms with Crippen molar-refractivity contribution < 1.29 is 23.1 Å². The van der Waals surface area contributed by atoms with Gasteiger partial charge >= 0.3 is 0 Å². The van der Waals surface area contributed by atoms with Crippen molar-refractivity contribution in [2.45, 2.75) is 18.7 Å². The molecule has 0 bridgehead atoms. The Labute approximate surface area is 143 Å². The smallest absolute Gasteiger partial charge is 0.276 e. The maximum absolute atomic E-state index is 12.2. The molecule has 0 saturated carbocycles. The minimum absolute atomic E-state index is 0.0455. The third-order valence-electron chi connectivity index (χ3n) is 2.94. The minimum Gasteiger partial charge on any atom is -0.544 e. The van der Waals surface area contributed by atoms with Crippen LogP contribution in [0.4, 0.5) is 0 Å². The molecule has 0 atom stereocenters. The Morgan fingerprint density at radius 3 is 2.38 bits per heavy atom. The molecule has 9 heteroatoms. The Morgan fingerprint density at radius 2 is 1.83 bits per heavy atom. The molecule has 1 N–H and O–H groups in total. The largest absolute Gasteiger partial charge is 0.544 e. The molecule has 0 fully saturated rings. The molecule has 1 heterocycles. The summed E-state index contributed by atoms with van der Waals surface area (Å²) < 4.78 is 29.6. The van der Waals surface area contributed by atoms with Gasteiger partial charge in [0, 0.05) is 0 Å². The predicted octanol–water partition coefficient (Wildman–Crippen LogP) is 1.21. The molecule has 24 heavy (non-hydrogen) atoms. The lowest BCUT2D eigenvalue weighted by Crippen LogP contribution is -2.20. The number of hydrogen-bond donors (Lipinski definition) is 1. The number of ether oxygens (including phenoxy) is 1. The molecule has 2 rings (SSSR count). The van der Waals surface area contributed by atoms with E-state index >= 15 is 0 Å². The average molecular weight is 367 g/mol. The first-order chi connectivity index (χ1) is 11.3. The third kappa shape index (κ3) is 4.33. The lowest BCUT2D eigenvalue weighted by Gasteiger charge is -2.06. The van der Waals surface area contributed by atoms with Crippen molar-refractivity contribution in [2.24, 2.45) is 5.10 Å². The Balaban J connectivity index is 2.14. The third-order valence-corrected chi connectivity index (χ3v) is 5.34. The molecular formula is C15H15N2O5S2-. The number of sulfonamides is 1. The molecule has 0 radical (unpaired) electrons. The number of carbonyl (C=O) groups excluding carboxylic acids is 1. The lowest BCUT2D eigenvalue weighted by molar-refractivity contribution is -0.254. The highest BCUT2D eigenvalue weighted by Gasteiger charge is 2.13. The number of nitrogens with zero attached hydrogens (tertiary/aromatic N) is 1. The number of carbonyl (C=O) groups is 1. The van der Waals surface area contributed by atoms with E-state index < -0.39 is 16.0 Å². The van der Waals surface area contributed by atoms with Crippen molar-refractivity contribution >= 4 is 33.0 Å². The summed E-state index contributed by atoms with van der Waals surface area (Å²) in [5, 5.41) is 14.6. The molecule has 0 spiro atoms. The zero-order valence-electron chi connectivity index (χ0n) is 13.0. The second kappa shape index (κ2) is 7.45. The van der Waals surface area contributed by atoms with E-state index in [0.29, 0.717) is 22.9 Å². The van der Waals surface area contributed by atoms with Gasteiger partial charge in [-0.25, -0.2) is 0 Å². The monoisotopic (exact) mass is 367 g/mol. The van der Waals surface area contributed by atoms with E-state index in [-0.39, 0.29) is 9.77 Å². The molecule has 0 unspecified atom stereocenters. The quantitative estimate of drug-likeness (QED) is 0.585. The number of thiophene rings is 1. The fourth-order valence-electron chi connectivity index (χ4n) is 1.76. The lowest BCUT2D eigenvalue weighted by atomic mass is 10.3. The van der Waals surface area contributed by atoms with E-state index in [4.69, 9.17) is 4.74 Å². The van der Waals surface area contributed by atoms with Crippen molar-refractivity contribution in [1.82, 2.24) is 4.83 Å². The van der Waals surface area contributed by atoms with Gasteiger partial charge in [-0.1, -0.05) is 0 Å². The van der Waals surface area contributed by atoms with Crippen LogP contribution in [0.25, 0.3) is 0 Å². The highest BCUT2D eigenvalue weighted by atomic mass is 32.2. The minimum atomic E-state index is -3.82. The fourth-order valence-corrected chi connectivity index (χ4v) is 3.40. The van der Waals surface area contributed by atoms with Crippen LogP contribution in [-0.2, 0) is 10.0 Å². The van der Waals surface area contributed by atoms with Crippen LogP contribution in [0.5, 0.6) is 5.75 Å². The number of hydrazone groups is 1. The van der Waals surface area contributed by atoms with Gasteiger partial charge in [0.15, 0.2) is 0 Å². The van der Waals surface area contributed by atoms with Gasteiger partial charge in [0.1, 0.15) is 5.75 Å². The highest BCUT2D eigenvalue weighted by Crippen LogP contribution is 2.18. The number of carboxylic acids is 1. The van der Waals surface area contributed by atoms with Gasteiger partial charge in [0.2, 0.25) is 0 Å². The van der Waals surface area contributed by atoms with Gasteiger partial charge in [0.25, 0.3) is 10.0 Å². The summed E-state index contributed by atoms with van der Waals surface area (Å²) in [7, 11) is -3.82. The summed E-state index contributed by atoms with van der Waals surface area (Å²) in [4.78, 5) is 13.5. The first-order valence-corrected chi connectivity index (χ1v) is 9.24. The van der Waals surface area contributed by atoms with Crippen molar-refractivity contribution in [3.8, 4) is 5.75 Å². The molecule has 7 nitrogen and oxygen atoms in total. The van der Waals surface area contributed by atoms with Crippen LogP contribution in [0.1, 0.15) is 28.4 Å². The van der Waals surface area contributed by atoms with Gasteiger partial charge in [-0.2, -0.15) is 18.4 Å². The topological polar surface area (TPSA) is 108 Å². The van der Waals surface area contributed by atoms with Gasteiger partial charge in [-0.15, -0.1) is 11.3 Å². The molecule has 0 aliphatic rings. The van der Waals surface area contributed by atoms with Crippen LogP contribution in [0.2, 0.25) is 0 Å². The van der Waals surface area contributed by atoms with Crippen LogP contribution in [0.15, 0.2) is 46.4 Å². The number of rotatable bonds is 7. The number of hydrogen-bond acceptors (Lipinski definition) is 7. The number of benzene rings is 1. The van der Waals surface area contributed by atoms with Crippen molar-refractivity contribution in [3.05, 3.63) is 46.2 Å². The van der Waals surface area contributed by atoms with Crippen LogP contribution in [0, 0.1) is 0 Å². The summed E-state index contributed by atoms with van der Waals surface area (Å²) in [6.07, 6.45) is 0. The standard InChI is InChI=1S/C15H16N2O5S2/c1-3-22-11-4-6-12(7-5-11)24(20,21)17-16-10(2)13-8-9-14(23-13)15(18)19/h4-9,17H,3H2,1-2H3,(H,18,19)/p-1/b16-10-. The van der Waals surface area contributed by atoms with E-state index in [1.165, 1.54) is 18.2 Å². The molecule has 0 aliphatic carbocycles. The van der Waals surface area contributed by atoms with Crippen molar-refractivity contribution in [1.29, 1.82) is 0 Å². The van der Waals surface area contributed by atoms with Crippen LogP contribution in [-0.4, -0.2) is 26.7 Å². The number of nitrogens with one attached hydrogen (secondary N) is 1. The fraction of sp³-hybridized carbons (Fsp3) is 0.200. The summed E-state index contributed by atoms with van der Waals surface area (Å²) in [5.41, 5.74) is 0.349. The highest BCUT2D eigenvalue weighted by molar-refractivity contribution is 7.89. The molecule has 128 valence electrons. The summed E-state index contributed by atoms with van der Waals surface area (Å²) in [6.45, 7) is 3.90. The van der Waals surface area contributed by atoms with Gasteiger partial charge in [-0.3, -0.25) is 0 Å². The Morgan fingerprint density at radius 1 is 1.21 bits per heavy atom. The van der Waals surface area contributed by atoms with Crippen molar-refractivity contribution in [2.75, 3.05) is 6.61 Å². The summed E-state index contributed by atoms with van der Waals surface area (Å²) in [5.74, 6) is -0.710. The molecule has 1 aromatic heterocycles. The normalized spacial score (nSPS) is 12.0. The van der Waals surface area contributed by atoms with E-state index in [9.17, 15) is 18.3 Å². The maximum Gasteiger partial charge on any atom is 0.276 e. The Bertz CT molecular complexity index is 854. The van der Waals surface area contributed by atoms with E-state index in [1.54, 1.807) is 25.1 Å². The molecule has 0 amide bonds. The molecule has 0 saturated heterocycles. The van der Waals surface area contributed by atoms with Crippen molar-refractivity contribution in [3.63, 3.8) is 0 Å². The van der Waals surface area contributed by atoms with Gasteiger partial charge < -0.3 is 14.6 Å². The van der Waals surface area contributed by atoms with Crippen LogP contribution in [0.3, 0.4) is 0 Å². The van der Waals surface area contributed by atoms with Crippen LogP contribution < -0.4 is 14.7 Å². The van der Waals surface area contributed by atoms with Gasteiger partial charge in [-0.05, 0) is 50.2 Å².